The molecule has 1 aromatic rings. The Balaban J connectivity index is 3.60. The fourth-order valence-electron chi connectivity index (χ4n) is 0.621. The molecule has 2 N–H and O–H groups in total. The van der Waals surface area contributed by atoms with Crippen LogP contribution in [-0.2, 0) is 0 Å². The first kappa shape index (κ1) is 3.42. The number of hydrogen-bond acceptors (Lipinski definition) is 1. The largest absolute Gasteiger partial charge is 0.399 e. The fraction of sp³-hybridized carbons (Fsp3) is 0.333. The predicted octanol–water partition coefficient (Wildman–Crippen LogP) is 2.39. The fourth-order valence-corrected chi connectivity index (χ4v) is 0.621. The number of hydrogen-bond donors (Lipinski definition) is 1. The van der Waals surface area contributed by atoms with E-state index in [9.17, 15) is 0 Å². The van der Waals surface area contributed by atoms with Crippen LogP contribution >= 0.6 is 0 Å². The van der Waals surface area contributed by atoms with E-state index >= 15 is 0 Å². The zero-order valence-electron chi connectivity index (χ0n) is 10.2. The Labute approximate surface area is 67.5 Å². The van der Waals surface area contributed by atoms with Crippen molar-refractivity contribution in [3.63, 3.8) is 0 Å². The van der Waals surface area contributed by atoms with Crippen molar-refractivity contribution in [3.05, 3.63) is 29.7 Å². The summed E-state index contributed by atoms with van der Waals surface area (Å²) in [5.41, 5.74) is 5.78. The maximum atomic E-state index is 7.63. The molecule has 0 saturated heterocycles. The number of rotatable bonds is 1. The lowest BCUT2D eigenvalue weighted by molar-refractivity contribution is 0.867. The average molecular weight is 139 g/mol. The van der Waals surface area contributed by atoms with E-state index in [0.717, 1.165) is 0 Å². The van der Waals surface area contributed by atoms with Gasteiger partial charge in [0.1, 0.15) is 0 Å². The summed E-state index contributed by atoms with van der Waals surface area (Å²) in [6.45, 7) is 3.67. The highest BCUT2D eigenvalue weighted by molar-refractivity contribution is 5.39. The molecule has 10 heavy (non-hydrogen) atoms. The highest BCUT2D eigenvalue weighted by atomic mass is 14.5. The van der Waals surface area contributed by atoms with E-state index in [2.05, 4.69) is 0 Å². The molecule has 0 amide bonds. The molecule has 0 heterocycles. The van der Waals surface area contributed by atoms with Gasteiger partial charge in [0, 0.05) is 5.69 Å². The van der Waals surface area contributed by atoms with Gasteiger partial charge < -0.3 is 5.73 Å². The Bertz CT molecular complexity index is 345. The van der Waals surface area contributed by atoms with Gasteiger partial charge in [-0.25, -0.2) is 0 Å². The van der Waals surface area contributed by atoms with Crippen LogP contribution in [0.25, 0.3) is 0 Å². The molecule has 0 spiro atoms. The van der Waals surface area contributed by atoms with Crippen molar-refractivity contribution < 1.29 is 5.48 Å². The summed E-state index contributed by atoms with van der Waals surface area (Å²) in [6.07, 6.45) is 0. The smallest absolute Gasteiger partial charge is 0.0645 e. The minimum Gasteiger partial charge on any atom is -0.399 e. The van der Waals surface area contributed by atoms with Crippen molar-refractivity contribution in [1.82, 2.24) is 0 Å². The lowest BCUT2D eigenvalue weighted by Gasteiger charge is -2.03. The highest BCUT2D eigenvalue weighted by Crippen LogP contribution is 2.14. The summed E-state index contributed by atoms with van der Waals surface area (Å²) in [5, 5.41) is 0. The first-order valence-corrected chi connectivity index (χ1v) is 3.23. The van der Waals surface area contributed by atoms with Gasteiger partial charge in [-0.15, -0.1) is 0 Å². The second-order valence-electron chi connectivity index (χ2n) is 2.48. The van der Waals surface area contributed by atoms with Gasteiger partial charge in [0.25, 0.3) is 0 Å². The van der Waals surface area contributed by atoms with Crippen LogP contribution in [0.1, 0.15) is 30.8 Å². The summed E-state index contributed by atoms with van der Waals surface area (Å²) in [7, 11) is 0. The number of anilines is 1. The SMILES string of the molecule is [2H]c1c([2H])c(C(C)C)c([2H])c([2H])c1N. The minimum atomic E-state index is -0.144. The molecular weight excluding hydrogens is 122 g/mol. The Morgan fingerprint density at radius 2 is 1.80 bits per heavy atom. The van der Waals surface area contributed by atoms with Crippen LogP contribution in [0.2, 0.25) is 0 Å². The maximum absolute atomic E-state index is 7.63. The summed E-state index contributed by atoms with van der Waals surface area (Å²) >= 11 is 0. The summed E-state index contributed by atoms with van der Waals surface area (Å²) in [5.74, 6) is -0.0381. The molecule has 0 saturated carbocycles. The van der Waals surface area contributed by atoms with Crippen LogP contribution in [-0.4, -0.2) is 0 Å². The van der Waals surface area contributed by atoms with Crippen molar-refractivity contribution in [2.75, 3.05) is 5.73 Å². The van der Waals surface area contributed by atoms with E-state index in [1.165, 1.54) is 0 Å². The first-order valence-electron chi connectivity index (χ1n) is 5.23. The van der Waals surface area contributed by atoms with Crippen LogP contribution in [0.15, 0.2) is 24.2 Å². The Morgan fingerprint density at radius 1 is 1.30 bits per heavy atom. The summed E-state index contributed by atoms with van der Waals surface area (Å²) < 4.78 is 30.3. The van der Waals surface area contributed by atoms with Gasteiger partial charge in [-0.3, -0.25) is 0 Å². The molecule has 1 aromatic carbocycles. The van der Waals surface area contributed by atoms with Gasteiger partial charge in [0.05, 0.1) is 5.48 Å². The molecular formula is C9H13N. The summed E-state index contributed by atoms with van der Waals surface area (Å²) in [6, 6.07) is -0.346. The molecule has 0 bridgehead atoms. The van der Waals surface area contributed by atoms with Gasteiger partial charge in [0.2, 0.25) is 0 Å². The topological polar surface area (TPSA) is 26.0 Å². The lowest BCUT2D eigenvalue weighted by Crippen LogP contribution is -1.88. The van der Waals surface area contributed by atoms with Gasteiger partial charge in [0.15, 0.2) is 0 Å². The van der Waals surface area contributed by atoms with E-state index in [4.69, 9.17) is 11.2 Å². The minimum absolute atomic E-state index is 0.0292. The van der Waals surface area contributed by atoms with Crippen molar-refractivity contribution >= 4 is 5.69 Å². The van der Waals surface area contributed by atoms with Crippen LogP contribution < -0.4 is 5.73 Å². The molecule has 0 fully saturated rings. The van der Waals surface area contributed by atoms with Gasteiger partial charge >= 0.3 is 0 Å². The van der Waals surface area contributed by atoms with Crippen LogP contribution in [0.5, 0.6) is 0 Å². The number of nitrogen functional groups attached to an aromatic ring is 1. The molecule has 0 unspecified atom stereocenters. The number of benzene rings is 1. The van der Waals surface area contributed by atoms with Crippen LogP contribution in [0, 0.1) is 0 Å². The normalized spacial score (nSPS) is 15.9. The Kier molecular flexibility index (Phi) is 0.936. The van der Waals surface area contributed by atoms with Crippen molar-refractivity contribution in [1.29, 1.82) is 0 Å². The van der Waals surface area contributed by atoms with E-state index in [1.54, 1.807) is 0 Å². The molecule has 0 aliphatic heterocycles. The van der Waals surface area contributed by atoms with Crippen LogP contribution in [0.3, 0.4) is 0 Å². The van der Waals surface area contributed by atoms with E-state index < -0.39 is 0 Å². The molecule has 0 aromatic heterocycles. The maximum Gasteiger partial charge on any atom is 0.0645 e. The predicted molar refractivity (Wildman–Crippen MR) is 44.9 cm³/mol. The third-order valence-electron chi connectivity index (χ3n) is 1.24. The Hall–Kier alpha value is -0.980. The Morgan fingerprint density at radius 3 is 2.20 bits per heavy atom. The monoisotopic (exact) mass is 139 g/mol. The lowest BCUT2D eigenvalue weighted by atomic mass is 10.0. The molecule has 0 atom stereocenters. The van der Waals surface area contributed by atoms with Crippen LogP contribution in [0.4, 0.5) is 5.69 Å². The second kappa shape index (κ2) is 2.74. The second-order valence-corrected chi connectivity index (χ2v) is 2.48. The van der Waals surface area contributed by atoms with Crippen molar-refractivity contribution in [3.8, 4) is 0 Å². The van der Waals surface area contributed by atoms with E-state index in [1.807, 2.05) is 13.8 Å². The molecule has 0 radical (unpaired) electrons. The third kappa shape index (κ3) is 1.50. The number of nitrogens with two attached hydrogens (primary N) is 1. The third-order valence-corrected chi connectivity index (χ3v) is 1.24. The molecule has 0 aliphatic rings. The molecule has 54 valence electrons. The molecule has 1 heteroatoms. The average Bonchev–Trinajstić information content (AvgIpc) is 2.11. The standard InChI is InChI=1S/C9H13N/c1-7(2)8-3-5-9(10)6-4-8/h3-7H,10H2,1-2H3/i3D,4D,5D,6D. The molecule has 1 rings (SSSR count). The zero-order chi connectivity index (χ0) is 11.0. The first-order chi connectivity index (χ1) is 6.37. The van der Waals surface area contributed by atoms with Crippen molar-refractivity contribution in [2.45, 2.75) is 19.8 Å². The van der Waals surface area contributed by atoms with Gasteiger partial charge in [-0.1, -0.05) is 25.9 Å². The summed E-state index contributed by atoms with van der Waals surface area (Å²) in [4.78, 5) is 0. The van der Waals surface area contributed by atoms with Gasteiger partial charge in [-0.2, -0.15) is 0 Å². The van der Waals surface area contributed by atoms with Gasteiger partial charge in [-0.05, 0) is 23.6 Å². The molecule has 1 nitrogen and oxygen atoms in total. The van der Waals surface area contributed by atoms with E-state index in [0.29, 0.717) is 5.56 Å². The quantitative estimate of drug-likeness (QED) is 0.594. The van der Waals surface area contributed by atoms with E-state index in [-0.39, 0.29) is 35.8 Å². The highest BCUT2D eigenvalue weighted by Gasteiger charge is 1.95. The zero-order valence-corrected chi connectivity index (χ0v) is 6.15. The van der Waals surface area contributed by atoms with Crippen molar-refractivity contribution in [2.24, 2.45) is 0 Å². The molecule has 0 aliphatic carbocycles.